The van der Waals surface area contributed by atoms with Gasteiger partial charge in [-0.15, -0.1) is 0 Å². The van der Waals surface area contributed by atoms with Crippen LogP contribution in [0.2, 0.25) is 0 Å². The summed E-state index contributed by atoms with van der Waals surface area (Å²) in [5.41, 5.74) is 0.514. The topological polar surface area (TPSA) is 67.6 Å². The average molecular weight is 333 g/mol. The molecule has 2 aromatic rings. The van der Waals surface area contributed by atoms with Crippen molar-refractivity contribution in [2.45, 2.75) is 30.4 Å². The second-order valence-electron chi connectivity index (χ2n) is 5.85. The van der Waals surface area contributed by atoms with E-state index in [0.717, 1.165) is 0 Å². The smallest absolute Gasteiger partial charge is 0.257 e. The Morgan fingerprint density at radius 2 is 1.91 bits per heavy atom. The van der Waals surface area contributed by atoms with Crippen molar-refractivity contribution in [3.63, 3.8) is 0 Å². The first-order valence-corrected chi connectivity index (χ1v) is 9.09. The SMILES string of the molecule is Cc1cc(C(=O)N2CCC(S(=O)(=O)c3ccccc3)C2)c(C)o1. The van der Waals surface area contributed by atoms with Crippen molar-refractivity contribution in [2.75, 3.05) is 13.1 Å². The van der Waals surface area contributed by atoms with E-state index in [-0.39, 0.29) is 12.5 Å². The maximum absolute atomic E-state index is 12.7. The van der Waals surface area contributed by atoms with E-state index < -0.39 is 15.1 Å². The molecule has 1 unspecified atom stereocenters. The molecule has 0 radical (unpaired) electrons. The van der Waals surface area contributed by atoms with Gasteiger partial charge < -0.3 is 9.32 Å². The highest BCUT2D eigenvalue weighted by Crippen LogP contribution is 2.26. The first-order valence-electron chi connectivity index (χ1n) is 7.55. The molecule has 3 rings (SSSR count). The lowest BCUT2D eigenvalue weighted by Gasteiger charge is -2.16. The molecule has 0 spiro atoms. The summed E-state index contributed by atoms with van der Waals surface area (Å²) in [6.07, 6.45) is 0.457. The molecule has 1 fully saturated rings. The van der Waals surface area contributed by atoms with Crippen molar-refractivity contribution >= 4 is 15.7 Å². The minimum absolute atomic E-state index is 0.162. The molecule has 1 aromatic heterocycles. The van der Waals surface area contributed by atoms with E-state index >= 15 is 0 Å². The summed E-state index contributed by atoms with van der Waals surface area (Å²) in [5.74, 6) is 1.09. The Morgan fingerprint density at radius 3 is 2.52 bits per heavy atom. The fourth-order valence-electron chi connectivity index (χ4n) is 2.98. The van der Waals surface area contributed by atoms with Crippen LogP contribution in [0.15, 0.2) is 45.7 Å². The second kappa shape index (κ2) is 5.85. The van der Waals surface area contributed by atoms with Gasteiger partial charge in [0, 0.05) is 13.1 Å². The van der Waals surface area contributed by atoms with E-state index in [1.54, 1.807) is 55.1 Å². The highest BCUT2D eigenvalue weighted by atomic mass is 32.2. The van der Waals surface area contributed by atoms with Gasteiger partial charge >= 0.3 is 0 Å². The first kappa shape index (κ1) is 15.8. The summed E-state index contributed by atoms with van der Waals surface area (Å²) in [4.78, 5) is 14.5. The van der Waals surface area contributed by atoms with Gasteiger partial charge in [-0.3, -0.25) is 4.79 Å². The molecule has 1 saturated heterocycles. The molecule has 122 valence electrons. The van der Waals surface area contributed by atoms with Gasteiger partial charge in [-0.2, -0.15) is 0 Å². The van der Waals surface area contributed by atoms with Gasteiger partial charge in [0.1, 0.15) is 11.5 Å². The Bertz CT molecular complexity index is 824. The van der Waals surface area contributed by atoms with Gasteiger partial charge in [-0.25, -0.2) is 8.42 Å². The average Bonchev–Trinajstić information content (AvgIpc) is 3.14. The monoisotopic (exact) mass is 333 g/mol. The Labute approximate surface area is 135 Å². The van der Waals surface area contributed by atoms with Crippen LogP contribution < -0.4 is 0 Å². The van der Waals surface area contributed by atoms with Crippen LogP contribution >= 0.6 is 0 Å². The van der Waals surface area contributed by atoms with Crippen molar-refractivity contribution in [3.8, 4) is 0 Å². The van der Waals surface area contributed by atoms with Gasteiger partial charge in [-0.1, -0.05) is 18.2 Å². The number of sulfone groups is 1. The van der Waals surface area contributed by atoms with Gasteiger partial charge in [0.2, 0.25) is 0 Å². The zero-order valence-electron chi connectivity index (χ0n) is 13.2. The van der Waals surface area contributed by atoms with Crippen LogP contribution in [0.25, 0.3) is 0 Å². The van der Waals surface area contributed by atoms with E-state index in [0.29, 0.717) is 34.9 Å². The number of aryl methyl sites for hydroxylation is 2. The lowest BCUT2D eigenvalue weighted by molar-refractivity contribution is 0.0791. The molecule has 5 nitrogen and oxygen atoms in total. The molecular formula is C17H19NO4S. The maximum atomic E-state index is 12.7. The fourth-order valence-corrected chi connectivity index (χ4v) is 4.70. The first-order chi connectivity index (χ1) is 10.9. The van der Waals surface area contributed by atoms with E-state index in [1.165, 1.54) is 0 Å². The number of carbonyl (C=O) groups is 1. The predicted molar refractivity (Wildman–Crippen MR) is 86.1 cm³/mol. The van der Waals surface area contributed by atoms with E-state index in [4.69, 9.17) is 4.42 Å². The van der Waals surface area contributed by atoms with Gasteiger partial charge in [0.15, 0.2) is 9.84 Å². The van der Waals surface area contributed by atoms with Crippen LogP contribution in [0.4, 0.5) is 0 Å². The Hall–Kier alpha value is -2.08. The molecule has 2 heterocycles. The number of nitrogens with zero attached hydrogens (tertiary/aromatic N) is 1. The molecule has 1 aliphatic rings. The standard InChI is InChI=1S/C17H19NO4S/c1-12-10-16(13(2)22-12)17(19)18-9-8-15(11-18)23(20,21)14-6-4-3-5-7-14/h3-7,10,15H,8-9,11H2,1-2H3. The largest absolute Gasteiger partial charge is 0.466 e. The molecule has 1 aromatic carbocycles. The number of amides is 1. The van der Waals surface area contributed by atoms with Crippen molar-refractivity contribution in [1.29, 1.82) is 0 Å². The molecular weight excluding hydrogens is 314 g/mol. The number of furan rings is 1. The maximum Gasteiger partial charge on any atom is 0.257 e. The van der Waals surface area contributed by atoms with Crippen LogP contribution in [-0.4, -0.2) is 37.6 Å². The zero-order chi connectivity index (χ0) is 16.6. The molecule has 6 heteroatoms. The minimum Gasteiger partial charge on any atom is -0.466 e. The summed E-state index contributed by atoms with van der Waals surface area (Å²) in [7, 11) is -3.41. The summed E-state index contributed by atoms with van der Waals surface area (Å²) in [6, 6.07) is 10.1. The quantitative estimate of drug-likeness (QED) is 0.866. The normalized spacial score (nSPS) is 18.3. The third-order valence-corrected chi connectivity index (χ3v) is 6.41. The highest BCUT2D eigenvalue weighted by Gasteiger charge is 2.36. The zero-order valence-corrected chi connectivity index (χ0v) is 14.0. The number of likely N-dealkylation sites (tertiary alicyclic amines) is 1. The van der Waals surface area contributed by atoms with E-state index in [1.807, 2.05) is 0 Å². The van der Waals surface area contributed by atoms with Crippen LogP contribution in [0, 0.1) is 13.8 Å². The lowest BCUT2D eigenvalue weighted by Crippen LogP contribution is -2.32. The van der Waals surface area contributed by atoms with E-state index in [2.05, 4.69) is 0 Å². The van der Waals surface area contributed by atoms with Crippen LogP contribution in [0.1, 0.15) is 28.3 Å². The number of rotatable bonds is 3. The van der Waals surface area contributed by atoms with Gasteiger partial charge in [0.05, 0.1) is 15.7 Å². The van der Waals surface area contributed by atoms with Gasteiger partial charge in [-0.05, 0) is 38.5 Å². The number of hydrogen-bond donors (Lipinski definition) is 0. The molecule has 0 aliphatic carbocycles. The molecule has 1 amide bonds. The second-order valence-corrected chi connectivity index (χ2v) is 8.07. The Kier molecular flexibility index (Phi) is 4.02. The fraction of sp³-hybridized carbons (Fsp3) is 0.353. The predicted octanol–water partition coefficient (Wildman–Crippen LogP) is 2.58. The third-order valence-electron chi connectivity index (χ3n) is 4.21. The molecule has 1 atom stereocenters. The number of benzene rings is 1. The van der Waals surface area contributed by atoms with Crippen LogP contribution in [0.5, 0.6) is 0 Å². The van der Waals surface area contributed by atoms with Crippen LogP contribution in [-0.2, 0) is 9.84 Å². The minimum atomic E-state index is -3.41. The Morgan fingerprint density at radius 1 is 1.22 bits per heavy atom. The van der Waals surface area contributed by atoms with Crippen molar-refractivity contribution in [1.82, 2.24) is 4.90 Å². The molecule has 23 heavy (non-hydrogen) atoms. The molecule has 0 N–H and O–H groups in total. The van der Waals surface area contributed by atoms with Crippen molar-refractivity contribution in [3.05, 3.63) is 53.5 Å². The van der Waals surface area contributed by atoms with Crippen molar-refractivity contribution in [2.24, 2.45) is 0 Å². The van der Waals surface area contributed by atoms with Crippen molar-refractivity contribution < 1.29 is 17.6 Å². The van der Waals surface area contributed by atoms with Gasteiger partial charge in [0.25, 0.3) is 5.91 Å². The lowest BCUT2D eigenvalue weighted by atomic mass is 10.2. The number of carbonyl (C=O) groups excluding carboxylic acids is 1. The van der Waals surface area contributed by atoms with E-state index in [9.17, 15) is 13.2 Å². The summed E-state index contributed by atoms with van der Waals surface area (Å²) >= 11 is 0. The molecule has 0 bridgehead atoms. The molecule has 0 saturated carbocycles. The molecule has 1 aliphatic heterocycles. The Balaban J connectivity index is 1.79. The highest BCUT2D eigenvalue weighted by molar-refractivity contribution is 7.92. The summed E-state index contributed by atoms with van der Waals surface area (Å²) < 4.78 is 30.7. The van der Waals surface area contributed by atoms with Crippen LogP contribution in [0.3, 0.4) is 0 Å². The summed E-state index contributed by atoms with van der Waals surface area (Å²) in [6.45, 7) is 4.20. The number of hydrogen-bond acceptors (Lipinski definition) is 4. The third kappa shape index (κ3) is 2.91. The summed E-state index contributed by atoms with van der Waals surface area (Å²) in [5, 5.41) is -0.554.